The van der Waals surface area contributed by atoms with E-state index in [4.69, 9.17) is 17.0 Å². The molecule has 94 valence electrons. The first-order valence-corrected chi connectivity index (χ1v) is 6.13. The number of methoxy groups -OCH3 is 1. The van der Waals surface area contributed by atoms with E-state index in [1.54, 1.807) is 7.11 Å². The van der Waals surface area contributed by atoms with Crippen LogP contribution >= 0.6 is 12.2 Å². The minimum absolute atomic E-state index is 0.742. The maximum atomic E-state index is 5.33. The van der Waals surface area contributed by atoms with Crippen molar-refractivity contribution in [3.8, 4) is 0 Å². The second-order valence-electron chi connectivity index (χ2n) is 3.98. The largest absolute Gasteiger partial charge is 0.385 e. The zero-order chi connectivity index (χ0) is 12.7. The molecule has 3 nitrogen and oxygen atoms in total. The van der Waals surface area contributed by atoms with Gasteiger partial charge in [0, 0.05) is 33.0 Å². The van der Waals surface area contributed by atoms with Gasteiger partial charge in [0.05, 0.1) is 0 Å². The predicted molar refractivity (Wildman–Crippen MR) is 76.7 cm³/mol. The Kier molecular flexibility index (Phi) is 5.94. The smallest absolute Gasteiger partial charge is 0.173 e. The first-order valence-electron chi connectivity index (χ1n) is 5.72. The molecule has 0 aromatic heterocycles. The van der Waals surface area contributed by atoms with E-state index in [-0.39, 0.29) is 0 Å². The Morgan fingerprint density at radius 2 is 2.24 bits per heavy atom. The van der Waals surface area contributed by atoms with Crippen molar-refractivity contribution in [3.63, 3.8) is 0 Å². The molecule has 0 bridgehead atoms. The highest BCUT2D eigenvalue weighted by atomic mass is 32.1. The highest BCUT2D eigenvalue weighted by Crippen LogP contribution is 2.14. The van der Waals surface area contributed by atoms with Crippen molar-refractivity contribution in [1.82, 2.24) is 5.32 Å². The summed E-state index contributed by atoms with van der Waals surface area (Å²) in [5.74, 6) is 0. The van der Waals surface area contributed by atoms with Gasteiger partial charge in [0.25, 0.3) is 0 Å². The number of aryl methyl sites for hydroxylation is 1. The average Bonchev–Trinajstić information content (AvgIpc) is 2.33. The third-order valence-corrected chi connectivity index (χ3v) is 2.91. The number of ether oxygens (including phenoxy) is 1. The second-order valence-corrected chi connectivity index (χ2v) is 4.36. The number of nitrogens with zero attached hydrogens (tertiary/aromatic N) is 1. The third kappa shape index (κ3) is 4.71. The van der Waals surface area contributed by atoms with Gasteiger partial charge >= 0.3 is 0 Å². The minimum atomic E-state index is 0.742. The zero-order valence-electron chi connectivity index (χ0n) is 10.7. The molecule has 0 spiro atoms. The topological polar surface area (TPSA) is 24.5 Å². The Hall–Kier alpha value is -1.13. The van der Waals surface area contributed by atoms with Gasteiger partial charge in [0.1, 0.15) is 0 Å². The van der Waals surface area contributed by atoms with Gasteiger partial charge < -0.3 is 15.0 Å². The molecule has 17 heavy (non-hydrogen) atoms. The summed E-state index contributed by atoms with van der Waals surface area (Å²) < 4.78 is 4.99. The fourth-order valence-corrected chi connectivity index (χ4v) is 1.69. The zero-order valence-corrected chi connectivity index (χ0v) is 11.5. The summed E-state index contributed by atoms with van der Waals surface area (Å²) in [6, 6.07) is 8.28. The quantitative estimate of drug-likeness (QED) is 0.642. The third-order valence-electron chi connectivity index (χ3n) is 2.50. The molecule has 0 aliphatic heterocycles. The minimum Gasteiger partial charge on any atom is -0.385 e. The molecule has 0 saturated heterocycles. The fourth-order valence-electron chi connectivity index (χ4n) is 1.48. The van der Waals surface area contributed by atoms with Crippen LogP contribution < -0.4 is 10.2 Å². The molecule has 0 aliphatic carbocycles. The maximum absolute atomic E-state index is 5.33. The molecule has 0 amide bonds. The van der Waals surface area contributed by atoms with Crippen molar-refractivity contribution in [3.05, 3.63) is 29.8 Å². The Balaban J connectivity index is 2.46. The van der Waals surface area contributed by atoms with E-state index < -0.39 is 0 Å². The Bertz CT molecular complexity index is 368. The predicted octanol–water partition coefficient (Wildman–Crippen LogP) is 2.34. The average molecular weight is 252 g/mol. The van der Waals surface area contributed by atoms with Crippen LogP contribution in [0, 0.1) is 6.92 Å². The van der Waals surface area contributed by atoms with Crippen LogP contribution in [0.25, 0.3) is 0 Å². The summed E-state index contributed by atoms with van der Waals surface area (Å²) in [6.45, 7) is 3.67. The van der Waals surface area contributed by atoms with Crippen LogP contribution in [0.1, 0.15) is 12.0 Å². The van der Waals surface area contributed by atoms with Crippen LogP contribution in [0.3, 0.4) is 0 Å². The van der Waals surface area contributed by atoms with Gasteiger partial charge in [-0.3, -0.25) is 0 Å². The van der Waals surface area contributed by atoms with Gasteiger partial charge in [-0.25, -0.2) is 0 Å². The van der Waals surface area contributed by atoms with Gasteiger partial charge in [-0.15, -0.1) is 0 Å². The monoisotopic (exact) mass is 252 g/mol. The SMILES string of the molecule is COCCCNC(=S)N(C)c1cccc(C)c1. The normalized spacial score (nSPS) is 10.1. The van der Waals surface area contributed by atoms with Crippen molar-refractivity contribution < 1.29 is 4.74 Å². The summed E-state index contributed by atoms with van der Waals surface area (Å²) in [5.41, 5.74) is 2.34. The van der Waals surface area contributed by atoms with Gasteiger partial charge in [0.2, 0.25) is 0 Å². The van der Waals surface area contributed by atoms with Crippen LogP contribution in [0.15, 0.2) is 24.3 Å². The van der Waals surface area contributed by atoms with Crippen molar-refractivity contribution in [1.29, 1.82) is 0 Å². The molecule has 4 heteroatoms. The van der Waals surface area contributed by atoms with E-state index in [0.717, 1.165) is 30.4 Å². The van der Waals surface area contributed by atoms with Gasteiger partial charge in [-0.1, -0.05) is 12.1 Å². The number of thiocarbonyl (C=S) groups is 1. The van der Waals surface area contributed by atoms with Crippen molar-refractivity contribution in [2.45, 2.75) is 13.3 Å². The van der Waals surface area contributed by atoms with Crippen molar-refractivity contribution >= 4 is 23.0 Å². The number of nitrogens with one attached hydrogen (secondary N) is 1. The molecule has 0 atom stereocenters. The molecule has 0 heterocycles. The maximum Gasteiger partial charge on any atom is 0.173 e. The highest BCUT2D eigenvalue weighted by Gasteiger charge is 2.05. The first-order chi connectivity index (χ1) is 8.15. The molecule has 0 fully saturated rings. The molecule has 0 saturated carbocycles. The van der Waals surface area contributed by atoms with E-state index in [0.29, 0.717) is 0 Å². The van der Waals surface area contributed by atoms with E-state index in [2.05, 4.69) is 30.4 Å². The van der Waals surface area contributed by atoms with E-state index in [1.807, 2.05) is 18.0 Å². The summed E-state index contributed by atoms with van der Waals surface area (Å²) >= 11 is 5.33. The molecular weight excluding hydrogens is 232 g/mol. The van der Waals surface area contributed by atoms with E-state index in [1.165, 1.54) is 5.56 Å². The number of anilines is 1. The van der Waals surface area contributed by atoms with Crippen molar-refractivity contribution in [2.75, 3.05) is 32.2 Å². The number of hydrogen-bond donors (Lipinski definition) is 1. The lowest BCUT2D eigenvalue weighted by Crippen LogP contribution is -2.37. The molecular formula is C13H20N2OS. The lowest BCUT2D eigenvalue weighted by molar-refractivity contribution is 0.195. The molecule has 1 aromatic rings. The number of hydrogen-bond acceptors (Lipinski definition) is 2. The summed E-state index contributed by atoms with van der Waals surface area (Å²) in [6.07, 6.45) is 0.957. The second kappa shape index (κ2) is 7.25. The van der Waals surface area contributed by atoms with Crippen LogP contribution in [-0.2, 0) is 4.74 Å². The number of rotatable bonds is 5. The van der Waals surface area contributed by atoms with Crippen LogP contribution in [-0.4, -0.2) is 32.4 Å². The van der Waals surface area contributed by atoms with Crippen LogP contribution in [0.5, 0.6) is 0 Å². The summed E-state index contributed by atoms with van der Waals surface area (Å²) in [4.78, 5) is 1.98. The lowest BCUT2D eigenvalue weighted by Gasteiger charge is -2.21. The fraction of sp³-hybridized carbons (Fsp3) is 0.462. The molecule has 0 aliphatic rings. The van der Waals surface area contributed by atoms with Crippen molar-refractivity contribution in [2.24, 2.45) is 0 Å². The molecule has 0 radical (unpaired) electrons. The van der Waals surface area contributed by atoms with Crippen LogP contribution in [0.2, 0.25) is 0 Å². The standard InChI is InChI=1S/C13H20N2OS/c1-11-6-4-7-12(10-11)15(2)13(17)14-8-5-9-16-3/h4,6-7,10H,5,8-9H2,1-3H3,(H,14,17). The molecule has 0 unspecified atom stereocenters. The van der Waals surface area contributed by atoms with E-state index in [9.17, 15) is 0 Å². The Labute approximate surface area is 109 Å². The Morgan fingerprint density at radius 1 is 1.47 bits per heavy atom. The molecule has 1 rings (SSSR count). The van der Waals surface area contributed by atoms with Crippen LogP contribution in [0.4, 0.5) is 5.69 Å². The van der Waals surface area contributed by atoms with Gasteiger partial charge in [-0.2, -0.15) is 0 Å². The first kappa shape index (κ1) is 13.9. The number of benzene rings is 1. The lowest BCUT2D eigenvalue weighted by atomic mass is 10.2. The summed E-state index contributed by atoms with van der Waals surface area (Å²) in [7, 11) is 3.68. The molecule has 1 N–H and O–H groups in total. The van der Waals surface area contributed by atoms with Gasteiger partial charge in [-0.05, 0) is 43.3 Å². The summed E-state index contributed by atoms with van der Waals surface area (Å²) in [5, 5.41) is 3.95. The Morgan fingerprint density at radius 3 is 2.88 bits per heavy atom. The van der Waals surface area contributed by atoms with Gasteiger partial charge in [0.15, 0.2) is 5.11 Å². The van der Waals surface area contributed by atoms with E-state index >= 15 is 0 Å². The highest BCUT2D eigenvalue weighted by molar-refractivity contribution is 7.80. The molecule has 1 aromatic carbocycles.